The van der Waals surface area contributed by atoms with Gasteiger partial charge in [0.15, 0.2) is 11.3 Å². The molecule has 2 rings (SSSR count). The number of hydrogen-bond donors (Lipinski definition) is 1. The molecule has 0 aromatic carbocycles. The molecule has 0 fully saturated rings. The Kier molecular flexibility index (Phi) is 6.10. The van der Waals surface area contributed by atoms with Crippen LogP contribution in [-0.2, 0) is 0 Å². The Bertz CT molecular complexity index is 702. The summed E-state index contributed by atoms with van der Waals surface area (Å²) in [5.41, 5.74) is -1.84. The van der Waals surface area contributed by atoms with Crippen LogP contribution in [0.2, 0.25) is 0 Å². The molecule has 0 radical (unpaired) electrons. The average Bonchev–Trinajstić information content (AvgIpc) is 2.97. The van der Waals surface area contributed by atoms with Crippen LogP contribution in [0.3, 0.4) is 0 Å². The maximum Gasteiger partial charge on any atom is 0.280 e. The molecular formula is C15H18F4N4O. The van der Waals surface area contributed by atoms with Gasteiger partial charge in [0.25, 0.3) is 18.8 Å². The van der Waals surface area contributed by atoms with Crippen molar-refractivity contribution in [3.05, 3.63) is 29.2 Å². The second kappa shape index (κ2) is 8.07. The van der Waals surface area contributed by atoms with E-state index in [-0.39, 0.29) is 11.3 Å². The van der Waals surface area contributed by atoms with Crippen LogP contribution in [0.1, 0.15) is 67.3 Å². The Labute approximate surface area is 136 Å². The number of nitrogens with one attached hydrogen (secondary N) is 1. The molecule has 1 amide bonds. The standard InChI is InChI=1S/C15H18F4N4O/c1-2-3-4-5-6-20-15(24)10-8-12-21-9(13(16)17)7-11(14(18)19)23(12)22-10/h7-8,13-14H,2-6H2,1H3,(H,20,24). The Morgan fingerprint density at radius 1 is 1.17 bits per heavy atom. The fourth-order valence-corrected chi connectivity index (χ4v) is 2.24. The molecule has 0 atom stereocenters. The highest BCUT2D eigenvalue weighted by molar-refractivity contribution is 5.93. The molecule has 5 nitrogen and oxygen atoms in total. The molecular weight excluding hydrogens is 328 g/mol. The molecule has 9 heteroatoms. The van der Waals surface area contributed by atoms with Crippen LogP contribution >= 0.6 is 0 Å². The summed E-state index contributed by atoms with van der Waals surface area (Å²) in [6.45, 7) is 2.50. The molecule has 0 aliphatic heterocycles. The van der Waals surface area contributed by atoms with E-state index in [1.807, 2.05) is 0 Å². The highest BCUT2D eigenvalue weighted by Gasteiger charge is 2.21. The van der Waals surface area contributed by atoms with Crippen molar-refractivity contribution >= 4 is 11.6 Å². The largest absolute Gasteiger partial charge is 0.351 e. The summed E-state index contributed by atoms with van der Waals surface area (Å²) >= 11 is 0. The minimum atomic E-state index is -3.02. The van der Waals surface area contributed by atoms with Crippen LogP contribution in [0.25, 0.3) is 5.65 Å². The number of rotatable bonds is 8. The Hall–Kier alpha value is -2.19. The van der Waals surface area contributed by atoms with E-state index in [0.717, 1.165) is 36.3 Å². The first kappa shape index (κ1) is 18.2. The maximum atomic E-state index is 13.0. The summed E-state index contributed by atoms with van der Waals surface area (Å²) in [5.74, 6) is -0.546. The molecule has 2 aromatic heterocycles. The summed E-state index contributed by atoms with van der Waals surface area (Å²) in [5, 5.41) is 6.39. The van der Waals surface area contributed by atoms with Gasteiger partial charge in [-0.1, -0.05) is 26.2 Å². The SMILES string of the molecule is CCCCCCNC(=O)c1cc2nc(C(F)F)cc(C(F)F)n2n1. The lowest BCUT2D eigenvalue weighted by atomic mass is 10.2. The lowest BCUT2D eigenvalue weighted by Gasteiger charge is -2.06. The molecule has 2 aromatic rings. The molecule has 0 bridgehead atoms. The van der Waals surface area contributed by atoms with E-state index in [4.69, 9.17) is 0 Å². The van der Waals surface area contributed by atoms with E-state index in [1.165, 1.54) is 0 Å². The number of unbranched alkanes of at least 4 members (excludes halogenated alkanes) is 3. The lowest BCUT2D eigenvalue weighted by Crippen LogP contribution is -2.24. The molecule has 0 aliphatic rings. The van der Waals surface area contributed by atoms with E-state index in [0.29, 0.717) is 12.6 Å². The Morgan fingerprint density at radius 2 is 1.92 bits per heavy atom. The zero-order valence-electron chi connectivity index (χ0n) is 13.1. The van der Waals surface area contributed by atoms with Crippen molar-refractivity contribution in [2.24, 2.45) is 0 Å². The molecule has 132 valence electrons. The number of amides is 1. The van der Waals surface area contributed by atoms with Gasteiger partial charge in [-0.25, -0.2) is 27.1 Å². The van der Waals surface area contributed by atoms with Gasteiger partial charge < -0.3 is 5.32 Å². The zero-order valence-corrected chi connectivity index (χ0v) is 13.1. The molecule has 1 N–H and O–H groups in total. The number of nitrogens with zero attached hydrogens (tertiary/aromatic N) is 3. The van der Waals surface area contributed by atoms with Gasteiger partial charge in [-0.05, 0) is 12.5 Å². The van der Waals surface area contributed by atoms with Crippen molar-refractivity contribution in [2.75, 3.05) is 6.54 Å². The first-order valence-electron chi connectivity index (χ1n) is 7.69. The van der Waals surface area contributed by atoms with Gasteiger partial charge in [0.2, 0.25) is 0 Å². The molecule has 0 saturated carbocycles. The Morgan fingerprint density at radius 3 is 2.54 bits per heavy atom. The van der Waals surface area contributed by atoms with Crippen molar-refractivity contribution in [2.45, 2.75) is 45.5 Å². The van der Waals surface area contributed by atoms with Crippen molar-refractivity contribution in [1.29, 1.82) is 0 Å². The third kappa shape index (κ3) is 4.21. The van der Waals surface area contributed by atoms with Gasteiger partial charge in [-0.3, -0.25) is 4.79 Å². The second-order valence-electron chi connectivity index (χ2n) is 5.32. The van der Waals surface area contributed by atoms with E-state index in [1.54, 1.807) is 0 Å². The molecule has 2 heterocycles. The summed E-state index contributed by atoms with van der Waals surface area (Å²) in [7, 11) is 0. The second-order valence-corrected chi connectivity index (χ2v) is 5.32. The van der Waals surface area contributed by atoms with Gasteiger partial charge in [0, 0.05) is 12.6 Å². The maximum absolute atomic E-state index is 13.0. The summed E-state index contributed by atoms with van der Waals surface area (Å²) < 4.78 is 52.3. The fourth-order valence-electron chi connectivity index (χ4n) is 2.24. The van der Waals surface area contributed by atoms with Gasteiger partial charge in [0.1, 0.15) is 11.4 Å². The molecule has 0 saturated heterocycles. The quantitative estimate of drug-likeness (QED) is 0.582. The predicted molar refractivity (Wildman–Crippen MR) is 79.4 cm³/mol. The van der Waals surface area contributed by atoms with Crippen molar-refractivity contribution in [3.63, 3.8) is 0 Å². The van der Waals surface area contributed by atoms with Gasteiger partial charge in [0.05, 0.1) is 0 Å². The number of halogens is 4. The fraction of sp³-hybridized carbons (Fsp3) is 0.533. The smallest absolute Gasteiger partial charge is 0.280 e. The number of hydrogen-bond acceptors (Lipinski definition) is 3. The number of carbonyl (C=O) groups excluding carboxylic acids is 1. The van der Waals surface area contributed by atoms with Crippen LogP contribution in [0.4, 0.5) is 17.6 Å². The van der Waals surface area contributed by atoms with Crippen LogP contribution in [0, 0.1) is 0 Å². The highest BCUT2D eigenvalue weighted by Crippen LogP contribution is 2.25. The van der Waals surface area contributed by atoms with Crippen molar-refractivity contribution in [1.82, 2.24) is 19.9 Å². The molecule has 0 unspecified atom stereocenters. The molecule has 0 spiro atoms. The first-order chi connectivity index (χ1) is 11.4. The lowest BCUT2D eigenvalue weighted by molar-refractivity contribution is 0.0946. The summed E-state index contributed by atoms with van der Waals surface area (Å²) in [6.07, 6.45) is -2.12. The number of carbonyl (C=O) groups is 1. The van der Waals surface area contributed by atoms with E-state index in [9.17, 15) is 22.4 Å². The van der Waals surface area contributed by atoms with Crippen LogP contribution in [-0.4, -0.2) is 27.0 Å². The third-order valence-corrected chi connectivity index (χ3v) is 3.47. The average molecular weight is 346 g/mol. The normalized spacial score (nSPS) is 11.6. The summed E-state index contributed by atoms with van der Waals surface area (Å²) in [6, 6.07) is 1.72. The number of fused-ring (bicyclic) bond motifs is 1. The van der Waals surface area contributed by atoms with E-state index >= 15 is 0 Å². The predicted octanol–water partition coefficient (Wildman–Crippen LogP) is 3.91. The van der Waals surface area contributed by atoms with Crippen LogP contribution in [0.15, 0.2) is 12.1 Å². The molecule has 0 aliphatic carbocycles. The van der Waals surface area contributed by atoms with Gasteiger partial charge in [-0.2, -0.15) is 5.10 Å². The topological polar surface area (TPSA) is 59.3 Å². The third-order valence-electron chi connectivity index (χ3n) is 3.47. The number of aromatic nitrogens is 3. The minimum absolute atomic E-state index is 0.133. The van der Waals surface area contributed by atoms with Gasteiger partial charge in [-0.15, -0.1) is 0 Å². The molecule has 24 heavy (non-hydrogen) atoms. The van der Waals surface area contributed by atoms with Crippen LogP contribution in [0.5, 0.6) is 0 Å². The number of alkyl halides is 4. The van der Waals surface area contributed by atoms with E-state index in [2.05, 4.69) is 22.3 Å². The Balaban J connectivity index is 2.20. The van der Waals surface area contributed by atoms with Crippen molar-refractivity contribution in [3.8, 4) is 0 Å². The van der Waals surface area contributed by atoms with E-state index < -0.39 is 30.1 Å². The van der Waals surface area contributed by atoms with Crippen LogP contribution < -0.4 is 5.32 Å². The van der Waals surface area contributed by atoms with Gasteiger partial charge >= 0.3 is 0 Å². The monoisotopic (exact) mass is 346 g/mol. The first-order valence-corrected chi connectivity index (χ1v) is 7.69. The van der Waals surface area contributed by atoms with Crippen molar-refractivity contribution < 1.29 is 22.4 Å². The summed E-state index contributed by atoms with van der Waals surface area (Å²) in [4.78, 5) is 15.6. The highest BCUT2D eigenvalue weighted by atomic mass is 19.3. The minimum Gasteiger partial charge on any atom is -0.351 e. The zero-order chi connectivity index (χ0) is 17.7.